The zero-order valence-electron chi connectivity index (χ0n) is 12.2. The zero-order valence-corrected chi connectivity index (χ0v) is 13.0. The van der Waals surface area contributed by atoms with Crippen molar-refractivity contribution in [2.75, 3.05) is 6.61 Å². The van der Waals surface area contributed by atoms with Crippen LogP contribution in [0.2, 0.25) is 0 Å². The van der Waals surface area contributed by atoms with Crippen LogP contribution in [0.15, 0.2) is 53.4 Å². The fourth-order valence-electron chi connectivity index (χ4n) is 2.61. The van der Waals surface area contributed by atoms with E-state index < -0.39 is 20.9 Å². The van der Waals surface area contributed by atoms with Crippen LogP contribution in [0.3, 0.4) is 0 Å². The minimum Gasteiger partial charge on any atom is -0.493 e. The minimum absolute atomic E-state index is 0.0482. The first-order valence-corrected chi connectivity index (χ1v) is 8.56. The molecule has 0 radical (unpaired) electrons. The molecule has 1 aliphatic heterocycles. The van der Waals surface area contributed by atoms with Crippen LogP contribution in [0.25, 0.3) is 0 Å². The molecule has 0 saturated carbocycles. The van der Waals surface area contributed by atoms with Gasteiger partial charge in [-0.3, -0.25) is 4.79 Å². The third-order valence-electron chi connectivity index (χ3n) is 3.84. The van der Waals surface area contributed by atoms with E-state index in [0.717, 1.165) is 5.56 Å². The van der Waals surface area contributed by atoms with Crippen molar-refractivity contribution in [3.63, 3.8) is 0 Å². The van der Waals surface area contributed by atoms with E-state index in [2.05, 4.69) is 0 Å². The van der Waals surface area contributed by atoms with E-state index in [1.54, 1.807) is 36.4 Å². The van der Waals surface area contributed by atoms with Gasteiger partial charge in [-0.25, -0.2) is 8.42 Å². The number of benzene rings is 2. The number of para-hydroxylation sites is 1. The Morgan fingerprint density at radius 2 is 1.77 bits per heavy atom. The number of aryl methyl sites for hydroxylation is 1. The van der Waals surface area contributed by atoms with E-state index >= 15 is 0 Å². The van der Waals surface area contributed by atoms with Crippen molar-refractivity contribution in [3.8, 4) is 5.75 Å². The van der Waals surface area contributed by atoms with Gasteiger partial charge in [-0.1, -0.05) is 35.9 Å². The molecule has 0 fully saturated rings. The predicted octanol–water partition coefficient (Wildman–Crippen LogP) is 2.86. The number of carbonyl (C=O) groups excluding carboxylic acids is 1. The summed E-state index contributed by atoms with van der Waals surface area (Å²) in [6.07, 6.45) is 0.376. The fraction of sp³-hybridized carbons (Fsp3) is 0.235. The summed E-state index contributed by atoms with van der Waals surface area (Å²) < 4.78 is 30.6. The van der Waals surface area contributed by atoms with E-state index in [1.165, 1.54) is 12.1 Å². The Morgan fingerprint density at radius 1 is 1.09 bits per heavy atom. The first-order chi connectivity index (χ1) is 10.5. The number of hydrogen-bond donors (Lipinski definition) is 0. The molecule has 0 saturated heterocycles. The zero-order chi connectivity index (χ0) is 15.7. The summed E-state index contributed by atoms with van der Waals surface area (Å²) in [6, 6.07) is 13.4. The molecule has 0 spiro atoms. The first kappa shape index (κ1) is 14.8. The molecule has 1 heterocycles. The van der Waals surface area contributed by atoms with Gasteiger partial charge < -0.3 is 4.74 Å². The van der Waals surface area contributed by atoms with Crippen molar-refractivity contribution in [3.05, 3.63) is 59.7 Å². The molecular formula is C17H16O4S. The minimum atomic E-state index is -3.99. The van der Waals surface area contributed by atoms with Gasteiger partial charge in [-0.05, 0) is 31.5 Å². The van der Waals surface area contributed by atoms with Gasteiger partial charge in [-0.2, -0.15) is 0 Å². The maximum absolute atomic E-state index is 12.6. The lowest BCUT2D eigenvalue weighted by Gasteiger charge is -2.24. The summed E-state index contributed by atoms with van der Waals surface area (Å²) in [5.74, 6) is -0.0811. The highest BCUT2D eigenvalue weighted by atomic mass is 32.2. The molecule has 2 aromatic carbocycles. The second-order valence-electron chi connectivity index (χ2n) is 5.36. The van der Waals surface area contributed by atoms with Gasteiger partial charge in [0.25, 0.3) is 5.12 Å². The third kappa shape index (κ3) is 2.52. The van der Waals surface area contributed by atoms with Gasteiger partial charge in [0.1, 0.15) is 5.75 Å². The molecule has 2 aromatic rings. The average molecular weight is 316 g/mol. The second-order valence-corrected chi connectivity index (χ2v) is 7.24. The highest BCUT2D eigenvalue weighted by molar-refractivity contribution is 8.06. The van der Waals surface area contributed by atoms with E-state index in [0.29, 0.717) is 24.3 Å². The lowest BCUT2D eigenvalue weighted by Crippen LogP contribution is -2.27. The molecule has 22 heavy (non-hydrogen) atoms. The summed E-state index contributed by atoms with van der Waals surface area (Å²) >= 11 is 0. The van der Waals surface area contributed by atoms with Crippen LogP contribution < -0.4 is 4.74 Å². The lowest BCUT2D eigenvalue weighted by molar-refractivity contribution is -0.113. The topological polar surface area (TPSA) is 60.4 Å². The van der Waals surface area contributed by atoms with E-state index in [4.69, 9.17) is 4.74 Å². The van der Waals surface area contributed by atoms with Crippen molar-refractivity contribution in [1.82, 2.24) is 0 Å². The molecule has 0 aromatic heterocycles. The van der Waals surface area contributed by atoms with Gasteiger partial charge in [0.2, 0.25) is 9.84 Å². The summed E-state index contributed by atoms with van der Waals surface area (Å²) in [6.45, 7) is 2.21. The smallest absolute Gasteiger partial charge is 0.258 e. The van der Waals surface area contributed by atoms with Gasteiger partial charge in [0.05, 0.1) is 17.4 Å². The van der Waals surface area contributed by atoms with Crippen molar-refractivity contribution in [2.45, 2.75) is 24.2 Å². The molecule has 0 unspecified atom stereocenters. The monoisotopic (exact) mass is 316 g/mol. The first-order valence-electron chi connectivity index (χ1n) is 7.07. The SMILES string of the molecule is Cc1ccc(S(=O)(=O)C(=O)[C@@H]2CCOc3ccccc32)cc1. The number of sulfone groups is 1. The van der Waals surface area contributed by atoms with Crippen LogP contribution in [0, 0.1) is 6.92 Å². The van der Waals surface area contributed by atoms with Crippen molar-refractivity contribution in [1.29, 1.82) is 0 Å². The summed E-state index contributed by atoms with van der Waals surface area (Å²) in [4.78, 5) is 12.7. The average Bonchev–Trinajstić information content (AvgIpc) is 2.54. The van der Waals surface area contributed by atoms with Crippen molar-refractivity contribution in [2.24, 2.45) is 0 Å². The maximum Gasteiger partial charge on any atom is 0.258 e. The fourth-order valence-corrected chi connectivity index (χ4v) is 3.95. The normalized spacial score (nSPS) is 17.4. The molecule has 0 N–H and O–H groups in total. The Morgan fingerprint density at radius 3 is 2.50 bits per heavy atom. The van der Waals surface area contributed by atoms with Crippen LogP contribution >= 0.6 is 0 Å². The second kappa shape index (κ2) is 5.57. The van der Waals surface area contributed by atoms with E-state index in [9.17, 15) is 13.2 Å². The number of rotatable bonds is 2. The van der Waals surface area contributed by atoms with E-state index in [-0.39, 0.29) is 4.90 Å². The molecule has 114 valence electrons. The Bertz CT molecular complexity index is 807. The Hall–Kier alpha value is -2.14. The molecule has 4 nitrogen and oxygen atoms in total. The lowest BCUT2D eigenvalue weighted by atomic mass is 9.94. The number of carbonyl (C=O) groups is 1. The quantitative estimate of drug-likeness (QED) is 0.855. The third-order valence-corrected chi connectivity index (χ3v) is 5.55. The molecule has 1 aliphatic rings. The van der Waals surface area contributed by atoms with E-state index in [1.807, 2.05) is 6.92 Å². The molecule has 0 amide bonds. The van der Waals surface area contributed by atoms with Gasteiger partial charge in [0, 0.05) is 5.56 Å². The highest BCUT2D eigenvalue weighted by Gasteiger charge is 2.36. The maximum atomic E-state index is 12.6. The van der Waals surface area contributed by atoms with Crippen molar-refractivity contribution < 1.29 is 17.9 Å². The Balaban J connectivity index is 1.99. The molecule has 0 bridgehead atoms. The summed E-state index contributed by atoms with van der Waals surface area (Å²) in [5, 5.41) is -0.757. The molecular weight excluding hydrogens is 300 g/mol. The number of fused-ring (bicyclic) bond motifs is 1. The molecule has 3 rings (SSSR count). The van der Waals surface area contributed by atoms with Gasteiger partial charge in [0.15, 0.2) is 0 Å². The van der Waals surface area contributed by atoms with Crippen molar-refractivity contribution >= 4 is 15.0 Å². The highest BCUT2D eigenvalue weighted by Crippen LogP contribution is 2.36. The summed E-state index contributed by atoms with van der Waals surface area (Å²) in [7, 11) is -3.99. The molecule has 1 atom stereocenters. The predicted molar refractivity (Wildman–Crippen MR) is 82.7 cm³/mol. The Kier molecular flexibility index (Phi) is 3.74. The van der Waals surface area contributed by atoms with Gasteiger partial charge >= 0.3 is 0 Å². The van der Waals surface area contributed by atoms with Crippen LogP contribution in [0.1, 0.15) is 23.5 Å². The Labute approximate surface area is 129 Å². The number of hydrogen-bond acceptors (Lipinski definition) is 4. The van der Waals surface area contributed by atoms with Crippen LogP contribution in [0.4, 0.5) is 0 Å². The molecule has 0 aliphatic carbocycles. The van der Waals surface area contributed by atoms with Crippen LogP contribution in [-0.4, -0.2) is 20.1 Å². The van der Waals surface area contributed by atoms with Crippen LogP contribution in [-0.2, 0) is 14.6 Å². The van der Waals surface area contributed by atoms with Gasteiger partial charge in [-0.15, -0.1) is 0 Å². The number of ether oxygens (including phenoxy) is 1. The standard InChI is InChI=1S/C17H16O4S/c1-12-6-8-13(9-7-12)22(19,20)17(18)15-10-11-21-16-5-3-2-4-14(15)16/h2-9,15H,10-11H2,1H3/t15-/m1/s1. The van der Waals surface area contributed by atoms with Crippen LogP contribution in [0.5, 0.6) is 5.75 Å². The summed E-state index contributed by atoms with van der Waals surface area (Å²) in [5.41, 5.74) is 1.59. The molecule has 5 heteroatoms. The largest absolute Gasteiger partial charge is 0.493 e.